The van der Waals surface area contributed by atoms with Crippen molar-refractivity contribution in [2.24, 2.45) is 58.2 Å². The third-order valence-corrected chi connectivity index (χ3v) is 12.1. The molecule has 9 atom stereocenters. The van der Waals surface area contributed by atoms with Crippen molar-refractivity contribution in [2.45, 2.75) is 112 Å². The summed E-state index contributed by atoms with van der Waals surface area (Å²) in [5.74, 6) is 6.32. The Bertz CT molecular complexity index is 693. The molecule has 0 saturated heterocycles. The summed E-state index contributed by atoms with van der Waals surface area (Å²) in [4.78, 5) is 0. The Hall–Kier alpha value is -0.340. The van der Waals surface area contributed by atoms with Crippen molar-refractivity contribution in [1.29, 1.82) is 0 Å². The maximum Gasteiger partial charge on any atom is 0.167 e. The van der Waals surface area contributed by atoms with Crippen LogP contribution in [0.2, 0.25) is 0 Å². The number of hydrogen-bond donors (Lipinski definition) is 0. The maximum absolute atomic E-state index is 5.92. The minimum Gasteiger partial charge on any atom is -0.353 e. The van der Waals surface area contributed by atoms with E-state index in [1.54, 1.807) is 0 Å². The molecule has 190 valence electrons. The molecule has 0 heterocycles. The average molecular weight is 459 g/mol. The highest BCUT2D eigenvalue weighted by atomic mass is 16.7. The summed E-state index contributed by atoms with van der Waals surface area (Å²) in [5.41, 5.74) is 1.03. The smallest absolute Gasteiger partial charge is 0.167 e. The summed E-state index contributed by atoms with van der Waals surface area (Å²) in [5, 5.41) is 0. The van der Waals surface area contributed by atoms with Crippen molar-refractivity contribution in [1.82, 2.24) is 0 Å². The Morgan fingerprint density at radius 1 is 0.818 bits per heavy atom. The highest BCUT2D eigenvalue weighted by Crippen LogP contribution is 2.69. The third kappa shape index (κ3) is 4.28. The molecular weight excluding hydrogens is 404 g/mol. The van der Waals surface area contributed by atoms with Gasteiger partial charge in [0.05, 0.1) is 0 Å². The summed E-state index contributed by atoms with van der Waals surface area (Å²) in [6.07, 6.45) is 18.5. The number of methoxy groups -OCH3 is 2. The second-order valence-corrected chi connectivity index (χ2v) is 13.5. The Balaban J connectivity index is 1.49. The molecule has 33 heavy (non-hydrogen) atoms. The fourth-order valence-electron chi connectivity index (χ4n) is 9.84. The van der Waals surface area contributed by atoms with Crippen LogP contribution in [0.4, 0.5) is 0 Å². The van der Waals surface area contributed by atoms with Gasteiger partial charge in [0.1, 0.15) is 0 Å². The molecule has 4 rings (SSSR count). The Labute approximate surface area is 205 Å². The average Bonchev–Trinajstić information content (AvgIpc) is 3.16. The standard InChI is InChI=1S/C31H54O2/c1-9-23(21(2)3)11-10-22(4)26-14-15-27-25-13-12-24-20-31(32-7,33-8)19-18-29(24,5)28(25)16-17-30(26,27)6/h10-11,21-28H,9,12-20H2,1-8H3/b11-10+. The van der Waals surface area contributed by atoms with Crippen molar-refractivity contribution in [3.63, 3.8) is 0 Å². The van der Waals surface area contributed by atoms with E-state index in [0.717, 1.165) is 60.2 Å². The third-order valence-electron chi connectivity index (χ3n) is 12.1. The first-order valence-corrected chi connectivity index (χ1v) is 14.4. The molecule has 4 aliphatic carbocycles. The molecule has 0 radical (unpaired) electrons. The first-order chi connectivity index (χ1) is 15.6. The van der Waals surface area contributed by atoms with Crippen molar-refractivity contribution in [2.75, 3.05) is 14.2 Å². The quantitative estimate of drug-likeness (QED) is 0.281. The molecule has 0 spiro atoms. The predicted molar refractivity (Wildman–Crippen MR) is 139 cm³/mol. The molecule has 9 unspecified atom stereocenters. The monoisotopic (exact) mass is 458 g/mol. The number of fused-ring (bicyclic) bond motifs is 5. The van der Waals surface area contributed by atoms with Gasteiger partial charge in [-0.15, -0.1) is 0 Å². The first kappa shape index (κ1) is 25.7. The van der Waals surface area contributed by atoms with Crippen LogP contribution in [0.5, 0.6) is 0 Å². The van der Waals surface area contributed by atoms with Gasteiger partial charge in [-0.2, -0.15) is 0 Å². The van der Waals surface area contributed by atoms with Gasteiger partial charge in [-0.05, 0) is 110 Å². The van der Waals surface area contributed by atoms with Crippen LogP contribution in [0, 0.1) is 58.2 Å². The zero-order chi connectivity index (χ0) is 24.0. The van der Waals surface area contributed by atoms with Crippen LogP contribution in [-0.2, 0) is 9.47 Å². The van der Waals surface area contributed by atoms with Gasteiger partial charge >= 0.3 is 0 Å². The summed E-state index contributed by atoms with van der Waals surface area (Å²) in [6.45, 7) is 15.0. The van der Waals surface area contributed by atoms with Gasteiger partial charge in [0.15, 0.2) is 5.79 Å². The first-order valence-electron chi connectivity index (χ1n) is 14.4. The topological polar surface area (TPSA) is 18.5 Å². The number of hydrogen-bond acceptors (Lipinski definition) is 2. The van der Waals surface area contributed by atoms with E-state index in [1.165, 1.54) is 51.4 Å². The van der Waals surface area contributed by atoms with Gasteiger partial charge in [-0.1, -0.05) is 53.7 Å². The molecule has 0 amide bonds. The van der Waals surface area contributed by atoms with Crippen molar-refractivity contribution in [3.05, 3.63) is 12.2 Å². The molecule has 2 heteroatoms. The molecular formula is C31H54O2. The second-order valence-electron chi connectivity index (χ2n) is 13.5. The van der Waals surface area contributed by atoms with E-state index >= 15 is 0 Å². The summed E-state index contributed by atoms with van der Waals surface area (Å²) in [6, 6.07) is 0. The van der Waals surface area contributed by atoms with E-state index < -0.39 is 0 Å². The van der Waals surface area contributed by atoms with Gasteiger partial charge in [-0.25, -0.2) is 0 Å². The highest BCUT2D eigenvalue weighted by Gasteiger charge is 2.61. The molecule has 0 aromatic carbocycles. The van der Waals surface area contributed by atoms with Crippen LogP contribution in [-0.4, -0.2) is 20.0 Å². The van der Waals surface area contributed by atoms with Crippen LogP contribution in [0.3, 0.4) is 0 Å². The molecule has 0 aromatic rings. The molecule has 4 aliphatic rings. The highest BCUT2D eigenvalue weighted by molar-refractivity contribution is 5.12. The van der Waals surface area contributed by atoms with Crippen molar-refractivity contribution in [3.8, 4) is 0 Å². The molecule has 0 N–H and O–H groups in total. The van der Waals surface area contributed by atoms with E-state index in [0.29, 0.717) is 10.8 Å². The zero-order valence-electron chi connectivity index (χ0n) is 23.2. The summed E-state index contributed by atoms with van der Waals surface area (Å²) < 4.78 is 11.8. The van der Waals surface area contributed by atoms with E-state index in [1.807, 2.05) is 14.2 Å². The molecule has 4 fully saturated rings. The molecule has 2 nitrogen and oxygen atoms in total. The van der Waals surface area contributed by atoms with E-state index in [-0.39, 0.29) is 5.79 Å². The fraction of sp³-hybridized carbons (Fsp3) is 0.935. The Morgan fingerprint density at radius 2 is 1.52 bits per heavy atom. The Morgan fingerprint density at radius 3 is 2.15 bits per heavy atom. The molecule has 4 saturated carbocycles. The SMILES string of the molecule is CCC(/C=C/C(C)C1CCC2C3CCC4CC(OC)(OC)CCC4(C)C3CCC12C)C(C)C. The largest absolute Gasteiger partial charge is 0.353 e. The lowest BCUT2D eigenvalue weighted by atomic mass is 9.44. The van der Waals surface area contributed by atoms with Gasteiger partial charge in [0, 0.05) is 27.1 Å². The fourth-order valence-corrected chi connectivity index (χ4v) is 9.84. The van der Waals surface area contributed by atoms with E-state index in [2.05, 4.69) is 53.7 Å². The van der Waals surface area contributed by atoms with Gasteiger partial charge < -0.3 is 9.47 Å². The number of allylic oxidation sites excluding steroid dienone is 2. The lowest BCUT2D eigenvalue weighted by molar-refractivity contribution is -0.261. The van der Waals surface area contributed by atoms with Crippen molar-refractivity contribution < 1.29 is 9.47 Å². The van der Waals surface area contributed by atoms with Crippen LogP contribution < -0.4 is 0 Å². The van der Waals surface area contributed by atoms with Gasteiger partial charge in [-0.3, -0.25) is 0 Å². The van der Waals surface area contributed by atoms with Crippen LogP contribution in [0.25, 0.3) is 0 Å². The van der Waals surface area contributed by atoms with E-state index in [9.17, 15) is 0 Å². The predicted octanol–water partition coefficient (Wildman–Crippen LogP) is 8.51. The number of rotatable bonds is 7. The lowest BCUT2D eigenvalue weighted by Crippen LogP contribution is -2.56. The Kier molecular flexibility index (Phi) is 7.49. The minimum atomic E-state index is -0.327. The van der Waals surface area contributed by atoms with Gasteiger partial charge in [0.25, 0.3) is 0 Å². The maximum atomic E-state index is 5.92. The van der Waals surface area contributed by atoms with Gasteiger partial charge in [0.2, 0.25) is 0 Å². The number of ether oxygens (including phenoxy) is 2. The van der Waals surface area contributed by atoms with E-state index in [4.69, 9.17) is 9.47 Å². The molecule has 0 aromatic heterocycles. The second kappa shape index (κ2) is 9.61. The van der Waals surface area contributed by atoms with Crippen LogP contribution >= 0.6 is 0 Å². The molecule has 0 bridgehead atoms. The summed E-state index contributed by atoms with van der Waals surface area (Å²) >= 11 is 0. The molecule has 0 aliphatic heterocycles. The normalized spacial score (nSPS) is 44.3. The lowest BCUT2D eigenvalue weighted by Gasteiger charge is -2.62. The van der Waals surface area contributed by atoms with Crippen LogP contribution in [0.1, 0.15) is 106 Å². The summed E-state index contributed by atoms with van der Waals surface area (Å²) in [7, 11) is 3.70. The minimum absolute atomic E-state index is 0.327. The van der Waals surface area contributed by atoms with Crippen LogP contribution in [0.15, 0.2) is 12.2 Å². The van der Waals surface area contributed by atoms with Crippen molar-refractivity contribution >= 4 is 0 Å². The zero-order valence-corrected chi connectivity index (χ0v) is 23.2.